The van der Waals surface area contributed by atoms with E-state index in [-0.39, 0.29) is 25.9 Å². The molecule has 0 radical (unpaired) electrons. The zero-order valence-corrected chi connectivity index (χ0v) is 50.4. The molecule has 1 heterocycles. The molecule has 1 fully saturated rings. The maximum Gasteiger partial charge on any atom is 0.335 e. The molecule has 12 nitrogen and oxygen atoms in total. The first-order valence-corrected chi connectivity index (χ1v) is 32.3. The topological polar surface area (TPSA) is 175 Å². The van der Waals surface area contributed by atoms with Crippen LogP contribution in [-0.4, -0.2) is 89.2 Å². The van der Waals surface area contributed by atoms with Crippen LogP contribution in [0.5, 0.6) is 0 Å². The van der Waals surface area contributed by atoms with Crippen molar-refractivity contribution in [3.63, 3.8) is 0 Å². The number of carboxylic acids is 1. The zero-order valence-electron chi connectivity index (χ0n) is 50.4. The van der Waals surface area contributed by atoms with Gasteiger partial charge in [-0.1, -0.05) is 248 Å². The van der Waals surface area contributed by atoms with E-state index >= 15 is 0 Å². The molecule has 6 atom stereocenters. The Morgan fingerprint density at radius 2 is 0.797 bits per heavy atom. The number of rotatable bonds is 55. The van der Waals surface area contributed by atoms with Gasteiger partial charge in [-0.3, -0.25) is 14.4 Å². The Bertz CT molecular complexity index is 1600. The molecule has 0 aliphatic carbocycles. The smallest absolute Gasteiger partial charge is 0.335 e. The molecule has 0 aromatic carbocycles. The number of hydrogen-bond donors (Lipinski definition) is 3. The van der Waals surface area contributed by atoms with Crippen molar-refractivity contribution in [2.75, 3.05) is 13.2 Å². The Morgan fingerprint density at radius 3 is 1.23 bits per heavy atom. The summed E-state index contributed by atoms with van der Waals surface area (Å²) in [5.41, 5.74) is 0. The van der Waals surface area contributed by atoms with Gasteiger partial charge >= 0.3 is 23.9 Å². The lowest BCUT2D eigenvalue weighted by atomic mass is 9.98. The van der Waals surface area contributed by atoms with Crippen molar-refractivity contribution in [2.24, 2.45) is 0 Å². The van der Waals surface area contributed by atoms with Crippen LogP contribution in [0.3, 0.4) is 0 Å². The summed E-state index contributed by atoms with van der Waals surface area (Å²) in [5.74, 6) is -3.13. The Morgan fingerprint density at radius 1 is 0.430 bits per heavy atom. The standard InChI is InChI=1S/C67H116O12/c1-4-7-10-13-16-19-22-25-28-29-30-31-34-37-40-43-46-49-52-55-61(70)78-65-63(72)62(71)64(66(73)74)79-67(65)76-57-58(77-60(69)54-51-48-45-42-39-36-33-27-24-21-18-15-12-9-6-3)56-75-59(68)53-50-47-44-41-38-35-32-26-23-20-17-14-11-8-5-2/h7,10,16,19,25-26,28,30-32,58,62-65,67,71-72H,4-6,8-9,11-15,17-18,20-24,27,29,33-57H2,1-3H3,(H,73,74)/b10-7-,19-16-,28-25-,31-30-,32-26-. The van der Waals surface area contributed by atoms with Gasteiger partial charge in [-0.2, -0.15) is 0 Å². The van der Waals surface area contributed by atoms with E-state index < -0.39 is 67.3 Å². The normalized spacial score (nSPS) is 18.2. The van der Waals surface area contributed by atoms with Crippen molar-refractivity contribution < 1.29 is 58.2 Å². The number of aliphatic hydroxyl groups excluding tert-OH is 2. The molecule has 3 N–H and O–H groups in total. The van der Waals surface area contributed by atoms with Gasteiger partial charge in [0.25, 0.3) is 0 Å². The highest BCUT2D eigenvalue weighted by Crippen LogP contribution is 2.27. The number of esters is 3. The molecule has 6 unspecified atom stereocenters. The van der Waals surface area contributed by atoms with E-state index in [1.54, 1.807) is 0 Å². The lowest BCUT2D eigenvalue weighted by Gasteiger charge is -2.40. The van der Waals surface area contributed by atoms with Crippen LogP contribution >= 0.6 is 0 Å². The molecule has 1 aliphatic heterocycles. The average Bonchev–Trinajstić information content (AvgIpc) is 3.44. The van der Waals surface area contributed by atoms with E-state index in [2.05, 4.69) is 81.5 Å². The first-order valence-electron chi connectivity index (χ1n) is 32.3. The van der Waals surface area contributed by atoms with Gasteiger partial charge in [0.05, 0.1) is 6.61 Å². The van der Waals surface area contributed by atoms with E-state index in [4.69, 9.17) is 23.7 Å². The summed E-state index contributed by atoms with van der Waals surface area (Å²) in [7, 11) is 0. The van der Waals surface area contributed by atoms with E-state index in [0.29, 0.717) is 19.3 Å². The van der Waals surface area contributed by atoms with E-state index in [9.17, 15) is 34.5 Å². The van der Waals surface area contributed by atoms with Crippen LogP contribution in [0.25, 0.3) is 0 Å². The molecule has 0 amide bonds. The molecule has 456 valence electrons. The largest absolute Gasteiger partial charge is 0.479 e. The molecule has 0 aromatic rings. The second-order valence-electron chi connectivity index (χ2n) is 22.0. The third kappa shape index (κ3) is 44.7. The minimum Gasteiger partial charge on any atom is -0.479 e. The fourth-order valence-corrected chi connectivity index (χ4v) is 9.65. The van der Waals surface area contributed by atoms with Gasteiger partial charge in [-0.25, -0.2) is 4.79 Å². The average molecular weight is 1110 g/mol. The van der Waals surface area contributed by atoms with Crippen LogP contribution < -0.4 is 0 Å². The summed E-state index contributed by atoms with van der Waals surface area (Å²) in [6.07, 6.45) is 56.0. The van der Waals surface area contributed by atoms with Crippen molar-refractivity contribution in [1.82, 2.24) is 0 Å². The van der Waals surface area contributed by atoms with Crippen molar-refractivity contribution in [1.29, 1.82) is 0 Å². The van der Waals surface area contributed by atoms with Crippen molar-refractivity contribution >= 4 is 23.9 Å². The van der Waals surface area contributed by atoms with Gasteiger partial charge in [-0.15, -0.1) is 0 Å². The third-order valence-electron chi connectivity index (χ3n) is 14.6. The van der Waals surface area contributed by atoms with E-state index in [1.807, 2.05) is 0 Å². The second kappa shape index (κ2) is 55.0. The summed E-state index contributed by atoms with van der Waals surface area (Å²) in [5, 5.41) is 31.6. The van der Waals surface area contributed by atoms with Gasteiger partial charge < -0.3 is 39.0 Å². The predicted molar refractivity (Wildman–Crippen MR) is 322 cm³/mol. The maximum absolute atomic E-state index is 13.2. The first-order chi connectivity index (χ1) is 38.6. The molecule has 0 spiro atoms. The van der Waals surface area contributed by atoms with Crippen molar-refractivity contribution in [3.05, 3.63) is 60.8 Å². The predicted octanol–water partition coefficient (Wildman–Crippen LogP) is 17.1. The monoisotopic (exact) mass is 1110 g/mol. The molecule has 12 heteroatoms. The Labute approximate surface area is 481 Å². The van der Waals surface area contributed by atoms with Gasteiger partial charge in [0.15, 0.2) is 24.6 Å². The van der Waals surface area contributed by atoms with Crippen LogP contribution in [0.2, 0.25) is 0 Å². The van der Waals surface area contributed by atoms with Crippen LogP contribution in [0.1, 0.15) is 290 Å². The number of hydrogen-bond acceptors (Lipinski definition) is 11. The fourth-order valence-electron chi connectivity index (χ4n) is 9.65. The van der Waals surface area contributed by atoms with E-state index in [1.165, 1.54) is 109 Å². The summed E-state index contributed by atoms with van der Waals surface area (Å²) >= 11 is 0. The zero-order chi connectivity index (χ0) is 57.5. The minimum absolute atomic E-state index is 0.0442. The Balaban J connectivity index is 2.66. The lowest BCUT2D eigenvalue weighted by Crippen LogP contribution is -2.61. The summed E-state index contributed by atoms with van der Waals surface area (Å²) in [6, 6.07) is 0. The lowest BCUT2D eigenvalue weighted by molar-refractivity contribution is -0.301. The molecule has 1 aliphatic rings. The Kier molecular flexibility index (Phi) is 51.1. The fraction of sp³-hybridized carbons (Fsp3) is 0.791. The molecule has 0 saturated carbocycles. The van der Waals surface area contributed by atoms with Crippen LogP contribution in [0, 0.1) is 0 Å². The van der Waals surface area contributed by atoms with Crippen molar-refractivity contribution in [2.45, 2.75) is 327 Å². The minimum atomic E-state index is -1.91. The molecule has 1 saturated heterocycles. The highest BCUT2D eigenvalue weighted by molar-refractivity contribution is 5.74. The van der Waals surface area contributed by atoms with Crippen LogP contribution in [-0.2, 0) is 42.9 Å². The molecule has 0 aromatic heterocycles. The first kappa shape index (κ1) is 73.4. The molecular weight excluding hydrogens is 997 g/mol. The Hall–Kier alpha value is -3.58. The number of aliphatic hydroxyl groups is 2. The number of aliphatic carboxylic acids is 1. The number of carbonyl (C=O) groups excluding carboxylic acids is 3. The van der Waals surface area contributed by atoms with Crippen LogP contribution in [0.4, 0.5) is 0 Å². The van der Waals surface area contributed by atoms with Gasteiger partial charge in [-0.05, 0) is 83.5 Å². The number of carbonyl (C=O) groups is 4. The number of ether oxygens (including phenoxy) is 5. The summed E-state index contributed by atoms with van der Waals surface area (Å²) in [4.78, 5) is 51.3. The quantitative estimate of drug-likeness (QED) is 0.0228. The SMILES string of the molecule is CC/C=C\C/C=C\C/C=C\C/C=C\CCCCCCCCC(=O)OC1C(OCC(COC(=O)CCCCCCC/C=C\CCCCCCCC)OC(=O)CCCCCCCCCCCCCCCCC)OC(C(=O)O)C(O)C1O. The summed E-state index contributed by atoms with van der Waals surface area (Å²) in [6.45, 7) is 5.90. The third-order valence-corrected chi connectivity index (χ3v) is 14.6. The van der Waals surface area contributed by atoms with Crippen LogP contribution in [0.15, 0.2) is 60.8 Å². The molecule has 79 heavy (non-hydrogen) atoms. The number of allylic oxidation sites excluding steroid dienone is 10. The highest BCUT2D eigenvalue weighted by atomic mass is 16.7. The highest BCUT2D eigenvalue weighted by Gasteiger charge is 2.50. The number of unbranched alkanes of at least 4 members (excludes halogenated alkanes) is 31. The number of carboxylic acid groups (broad SMARTS) is 1. The molecular formula is C67H116O12. The second-order valence-corrected chi connectivity index (χ2v) is 22.0. The van der Waals surface area contributed by atoms with Gasteiger partial charge in [0, 0.05) is 19.3 Å². The van der Waals surface area contributed by atoms with Crippen molar-refractivity contribution in [3.8, 4) is 0 Å². The molecule has 0 bridgehead atoms. The molecule has 1 rings (SSSR count). The van der Waals surface area contributed by atoms with Gasteiger partial charge in [0.1, 0.15) is 18.8 Å². The maximum atomic E-state index is 13.2. The van der Waals surface area contributed by atoms with Gasteiger partial charge in [0.2, 0.25) is 0 Å². The van der Waals surface area contributed by atoms with E-state index in [0.717, 1.165) is 122 Å². The summed E-state index contributed by atoms with van der Waals surface area (Å²) < 4.78 is 28.5.